The normalized spacial score (nSPS) is 14.8. The molecule has 0 aromatic carbocycles. The number of aliphatic hydroxyl groups is 1. The van der Waals surface area contributed by atoms with Gasteiger partial charge < -0.3 is 9.52 Å². The summed E-state index contributed by atoms with van der Waals surface area (Å²) in [6.07, 6.45) is -6.07. The molecule has 0 saturated heterocycles. The molecule has 0 aliphatic carbocycles. The molecule has 0 saturated carbocycles. The molecule has 0 fully saturated rings. The van der Waals surface area contributed by atoms with E-state index in [9.17, 15) is 13.2 Å². The Morgan fingerprint density at radius 2 is 2.08 bits per heavy atom. The monoisotopic (exact) mass is 180 g/mol. The first-order valence-electron chi connectivity index (χ1n) is 3.21. The molecule has 0 aliphatic heterocycles. The number of halogens is 3. The lowest BCUT2D eigenvalue weighted by Gasteiger charge is -2.12. The molecule has 5 heteroatoms. The molecule has 1 heterocycles. The smallest absolute Gasteiger partial charge is 0.421 e. The second-order valence-electron chi connectivity index (χ2n) is 2.41. The van der Waals surface area contributed by atoms with Crippen molar-refractivity contribution in [3.8, 4) is 0 Å². The molecule has 1 atom stereocenters. The van der Waals surface area contributed by atoms with Crippen LogP contribution in [0.1, 0.15) is 17.4 Å². The van der Waals surface area contributed by atoms with Crippen molar-refractivity contribution >= 4 is 0 Å². The Morgan fingerprint density at radius 3 is 2.42 bits per heavy atom. The minimum Gasteiger partial charge on any atom is -0.466 e. The van der Waals surface area contributed by atoms with E-state index in [4.69, 9.17) is 5.11 Å². The summed E-state index contributed by atoms with van der Waals surface area (Å²) in [7, 11) is 0. The summed E-state index contributed by atoms with van der Waals surface area (Å²) >= 11 is 0. The lowest BCUT2D eigenvalue weighted by atomic mass is 10.2. The molecule has 0 bridgehead atoms. The summed E-state index contributed by atoms with van der Waals surface area (Å²) in [6, 6.07) is 1.37. The van der Waals surface area contributed by atoms with Gasteiger partial charge in [-0.25, -0.2) is 0 Å². The van der Waals surface area contributed by atoms with Gasteiger partial charge in [0.25, 0.3) is 0 Å². The van der Waals surface area contributed by atoms with Crippen LogP contribution in [0, 0.1) is 6.92 Å². The summed E-state index contributed by atoms with van der Waals surface area (Å²) in [4.78, 5) is 0. The predicted molar refractivity (Wildman–Crippen MR) is 34.5 cm³/mol. The predicted octanol–water partition coefficient (Wildman–Crippen LogP) is 2.18. The van der Waals surface area contributed by atoms with Crippen molar-refractivity contribution in [1.29, 1.82) is 0 Å². The first kappa shape index (κ1) is 9.12. The van der Waals surface area contributed by atoms with Gasteiger partial charge in [-0.2, -0.15) is 13.2 Å². The number of hydrogen-bond acceptors (Lipinski definition) is 2. The lowest BCUT2D eigenvalue weighted by Crippen LogP contribution is -2.20. The van der Waals surface area contributed by atoms with Crippen molar-refractivity contribution in [2.45, 2.75) is 19.2 Å². The van der Waals surface area contributed by atoms with Crippen LogP contribution in [-0.2, 0) is 0 Å². The average Bonchev–Trinajstić information content (AvgIpc) is 2.31. The largest absolute Gasteiger partial charge is 0.466 e. The van der Waals surface area contributed by atoms with E-state index < -0.39 is 18.0 Å². The van der Waals surface area contributed by atoms with Crippen LogP contribution in [-0.4, -0.2) is 11.3 Å². The molecule has 0 radical (unpaired) electrons. The Hall–Kier alpha value is -0.970. The molecule has 0 amide bonds. The number of rotatable bonds is 1. The van der Waals surface area contributed by atoms with Crippen molar-refractivity contribution in [1.82, 2.24) is 0 Å². The minimum atomic E-state index is -4.66. The van der Waals surface area contributed by atoms with Crippen molar-refractivity contribution in [3.63, 3.8) is 0 Å². The van der Waals surface area contributed by atoms with Crippen LogP contribution >= 0.6 is 0 Å². The minimum absolute atomic E-state index is 0.292. The Morgan fingerprint density at radius 1 is 1.50 bits per heavy atom. The van der Waals surface area contributed by atoms with Gasteiger partial charge in [0.1, 0.15) is 5.76 Å². The maximum Gasteiger partial charge on any atom is 0.421 e. The van der Waals surface area contributed by atoms with Crippen LogP contribution in [0.3, 0.4) is 0 Å². The van der Waals surface area contributed by atoms with Gasteiger partial charge in [0.2, 0.25) is 6.10 Å². The molecule has 1 aromatic rings. The van der Waals surface area contributed by atoms with Crippen LogP contribution in [0.5, 0.6) is 0 Å². The average molecular weight is 180 g/mol. The van der Waals surface area contributed by atoms with Gasteiger partial charge >= 0.3 is 6.18 Å². The van der Waals surface area contributed by atoms with Crippen LogP contribution in [0.4, 0.5) is 13.2 Å². The number of furan rings is 1. The summed E-state index contributed by atoms with van der Waals surface area (Å²) in [5, 5.41) is 8.71. The summed E-state index contributed by atoms with van der Waals surface area (Å²) in [6.45, 7) is 1.44. The molecule has 1 aromatic heterocycles. The SMILES string of the molecule is Cc1ccoc1[C@H](O)C(F)(F)F. The number of alkyl halides is 3. The zero-order chi connectivity index (χ0) is 9.35. The third-order valence-electron chi connectivity index (χ3n) is 1.46. The Labute approximate surface area is 66.6 Å². The van der Waals surface area contributed by atoms with Gasteiger partial charge in [0.05, 0.1) is 6.26 Å². The molecule has 68 valence electrons. The third kappa shape index (κ3) is 1.61. The van der Waals surface area contributed by atoms with Gasteiger partial charge in [-0.3, -0.25) is 0 Å². The Bertz CT molecular complexity index is 264. The van der Waals surface area contributed by atoms with Crippen molar-refractivity contribution in [2.24, 2.45) is 0 Å². The fraction of sp³-hybridized carbons (Fsp3) is 0.429. The van der Waals surface area contributed by atoms with E-state index in [-0.39, 0.29) is 0 Å². The van der Waals surface area contributed by atoms with Crippen LogP contribution < -0.4 is 0 Å². The van der Waals surface area contributed by atoms with Crippen molar-refractivity contribution in [3.05, 3.63) is 23.7 Å². The maximum absolute atomic E-state index is 11.9. The highest BCUT2D eigenvalue weighted by molar-refractivity contribution is 5.17. The van der Waals surface area contributed by atoms with E-state index in [1.54, 1.807) is 0 Å². The Balaban J connectivity index is 2.92. The zero-order valence-electron chi connectivity index (χ0n) is 6.22. The molecular weight excluding hydrogens is 173 g/mol. The fourth-order valence-corrected chi connectivity index (χ4v) is 0.813. The molecule has 2 nitrogen and oxygen atoms in total. The third-order valence-corrected chi connectivity index (χ3v) is 1.46. The zero-order valence-corrected chi connectivity index (χ0v) is 6.22. The van der Waals surface area contributed by atoms with Gasteiger partial charge in [0, 0.05) is 0 Å². The van der Waals surface area contributed by atoms with Gasteiger partial charge in [-0.15, -0.1) is 0 Å². The second kappa shape index (κ2) is 2.82. The van der Waals surface area contributed by atoms with Gasteiger partial charge in [-0.05, 0) is 18.6 Å². The summed E-state index contributed by atoms with van der Waals surface area (Å²) in [5.41, 5.74) is 0.292. The summed E-state index contributed by atoms with van der Waals surface area (Å²) in [5.74, 6) is -0.442. The standard InChI is InChI=1S/C7H7F3O2/c1-4-2-3-12-5(4)6(11)7(8,9)10/h2-3,6,11H,1H3/t6-/m0/s1. The van der Waals surface area contributed by atoms with Gasteiger partial charge in [0.15, 0.2) is 0 Å². The van der Waals surface area contributed by atoms with Crippen molar-refractivity contribution < 1.29 is 22.7 Å². The molecule has 1 rings (SSSR count). The van der Waals surface area contributed by atoms with Crippen LogP contribution in [0.25, 0.3) is 0 Å². The number of aliphatic hydroxyl groups excluding tert-OH is 1. The highest BCUT2D eigenvalue weighted by Crippen LogP contribution is 2.34. The Kier molecular flexibility index (Phi) is 2.14. The molecule has 0 spiro atoms. The second-order valence-corrected chi connectivity index (χ2v) is 2.41. The van der Waals surface area contributed by atoms with Gasteiger partial charge in [-0.1, -0.05) is 0 Å². The van der Waals surface area contributed by atoms with Crippen molar-refractivity contribution in [2.75, 3.05) is 0 Å². The molecule has 0 aliphatic rings. The first-order chi connectivity index (χ1) is 5.43. The van der Waals surface area contributed by atoms with E-state index in [1.807, 2.05) is 0 Å². The molecule has 1 N–H and O–H groups in total. The molecular formula is C7H7F3O2. The van der Waals surface area contributed by atoms with E-state index in [1.165, 1.54) is 13.0 Å². The molecule has 0 unspecified atom stereocenters. The summed E-state index contributed by atoms with van der Waals surface area (Å²) < 4.78 is 40.1. The van der Waals surface area contributed by atoms with E-state index in [2.05, 4.69) is 4.42 Å². The van der Waals surface area contributed by atoms with E-state index in [0.29, 0.717) is 5.56 Å². The maximum atomic E-state index is 11.9. The number of hydrogen-bond donors (Lipinski definition) is 1. The quantitative estimate of drug-likeness (QED) is 0.718. The fourth-order valence-electron chi connectivity index (χ4n) is 0.813. The van der Waals surface area contributed by atoms with Crippen LogP contribution in [0.2, 0.25) is 0 Å². The van der Waals surface area contributed by atoms with Crippen LogP contribution in [0.15, 0.2) is 16.7 Å². The number of aryl methyl sites for hydroxylation is 1. The highest BCUT2D eigenvalue weighted by atomic mass is 19.4. The van der Waals surface area contributed by atoms with E-state index in [0.717, 1.165) is 6.26 Å². The topological polar surface area (TPSA) is 33.4 Å². The van der Waals surface area contributed by atoms with E-state index >= 15 is 0 Å². The lowest BCUT2D eigenvalue weighted by molar-refractivity contribution is -0.211. The molecule has 12 heavy (non-hydrogen) atoms. The highest BCUT2D eigenvalue weighted by Gasteiger charge is 2.42. The first-order valence-corrected chi connectivity index (χ1v) is 3.21.